The summed E-state index contributed by atoms with van der Waals surface area (Å²) in [5.41, 5.74) is 2.15. The molecule has 0 amide bonds. The fraction of sp³-hybridized carbons (Fsp3) is 0.615. The maximum Gasteiger partial charge on any atom is 0.0572 e. The number of pyridine rings is 1. The summed E-state index contributed by atoms with van der Waals surface area (Å²) in [6, 6.07) is 4.42. The predicted molar refractivity (Wildman–Crippen MR) is 71.3 cm³/mol. The quantitative estimate of drug-likeness (QED) is 0.756. The van der Waals surface area contributed by atoms with Crippen molar-refractivity contribution in [2.24, 2.45) is 0 Å². The van der Waals surface area contributed by atoms with Crippen molar-refractivity contribution < 1.29 is 5.11 Å². The van der Waals surface area contributed by atoms with E-state index in [2.05, 4.69) is 41.2 Å². The topological polar surface area (TPSA) is 48.4 Å². The van der Waals surface area contributed by atoms with Crippen LogP contribution in [-0.2, 0) is 0 Å². The second-order valence-electron chi connectivity index (χ2n) is 4.22. The summed E-state index contributed by atoms with van der Waals surface area (Å²) < 4.78 is 0. The van der Waals surface area contributed by atoms with Gasteiger partial charge < -0.3 is 15.3 Å². The van der Waals surface area contributed by atoms with E-state index < -0.39 is 0 Å². The van der Waals surface area contributed by atoms with Gasteiger partial charge in [-0.05, 0) is 32.0 Å². The molecule has 1 rings (SSSR count). The van der Waals surface area contributed by atoms with Crippen LogP contribution in [0.3, 0.4) is 0 Å². The zero-order valence-corrected chi connectivity index (χ0v) is 11.0. The van der Waals surface area contributed by atoms with Gasteiger partial charge in [-0.2, -0.15) is 0 Å². The number of nitrogens with zero attached hydrogens (tertiary/aromatic N) is 2. The largest absolute Gasteiger partial charge is 0.396 e. The first-order valence-electron chi connectivity index (χ1n) is 6.20. The van der Waals surface area contributed by atoms with Crippen LogP contribution in [0.15, 0.2) is 18.3 Å². The first-order chi connectivity index (χ1) is 8.19. The Morgan fingerprint density at radius 2 is 2.24 bits per heavy atom. The van der Waals surface area contributed by atoms with Gasteiger partial charge in [0.25, 0.3) is 0 Å². The lowest BCUT2D eigenvalue weighted by Gasteiger charge is -2.19. The highest BCUT2D eigenvalue weighted by atomic mass is 16.3. The summed E-state index contributed by atoms with van der Waals surface area (Å²) >= 11 is 0. The van der Waals surface area contributed by atoms with Crippen molar-refractivity contribution in [2.45, 2.75) is 26.3 Å². The van der Waals surface area contributed by atoms with E-state index in [1.165, 1.54) is 0 Å². The van der Waals surface area contributed by atoms with E-state index in [9.17, 15) is 0 Å². The summed E-state index contributed by atoms with van der Waals surface area (Å²) in [5, 5.41) is 12.1. The minimum Gasteiger partial charge on any atom is -0.396 e. The Morgan fingerprint density at radius 3 is 2.76 bits per heavy atom. The van der Waals surface area contributed by atoms with Crippen LogP contribution in [0.5, 0.6) is 0 Å². The molecule has 4 nitrogen and oxygen atoms in total. The van der Waals surface area contributed by atoms with Gasteiger partial charge in [-0.3, -0.25) is 4.98 Å². The van der Waals surface area contributed by atoms with Gasteiger partial charge in [0.2, 0.25) is 0 Å². The van der Waals surface area contributed by atoms with E-state index in [4.69, 9.17) is 5.11 Å². The first-order valence-corrected chi connectivity index (χ1v) is 6.20. The number of aliphatic hydroxyl groups is 1. The third-order valence-electron chi connectivity index (χ3n) is 2.82. The number of hydrogen-bond acceptors (Lipinski definition) is 4. The summed E-state index contributed by atoms with van der Waals surface area (Å²) in [6.07, 6.45) is 2.67. The van der Waals surface area contributed by atoms with Gasteiger partial charge in [-0.25, -0.2) is 0 Å². The Morgan fingerprint density at radius 1 is 1.47 bits per heavy atom. The second-order valence-corrected chi connectivity index (χ2v) is 4.22. The molecule has 1 aromatic rings. The molecule has 0 saturated heterocycles. The second kappa shape index (κ2) is 7.25. The number of aliphatic hydroxyl groups excluding tert-OH is 1. The van der Waals surface area contributed by atoms with Crippen LogP contribution >= 0.6 is 0 Å². The lowest BCUT2D eigenvalue weighted by molar-refractivity contribution is 0.290. The fourth-order valence-electron chi connectivity index (χ4n) is 1.73. The molecule has 0 radical (unpaired) electrons. The van der Waals surface area contributed by atoms with E-state index in [-0.39, 0.29) is 12.6 Å². The van der Waals surface area contributed by atoms with Gasteiger partial charge in [0.15, 0.2) is 0 Å². The third-order valence-corrected chi connectivity index (χ3v) is 2.82. The van der Waals surface area contributed by atoms with Crippen molar-refractivity contribution in [3.8, 4) is 0 Å². The third kappa shape index (κ3) is 4.32. The lowest BCUT2D eigenvalue weighted by Crippen LogP contribution is -2.21. The molecule has 96 valence electrons. The minimum absolute atomic E-state index is 0.229. The van der Waals surface area contributed by atoms with Crippen LogP contribution in [0.25, 0.3) is 0 Å². The van der Waals surface area contributed by atoms with Crippen LogP contribution < -0.4 is 10.2 Å². The predicted octanol–water partition coefficient (Wildman–Crippen LogP) is 1.57. The minimum atomic E-state index is 0.229. The van der Waals surface area contributed by atoms with Crippen molar-refractivity contribution in [3.05, 3.63) is 24.0 Å². The van der Waals surface area contributed by atoms with Crippen molar-refractivity contribution in [1.29, 1.82) is 0 Å². The molecule has 1 heterocycles. The van der Waals surface area contributed by atoms with Crippen LogP contribution in [0.1, 0.15) is 32.0 Å². The molecular formula is C13H23N3O. The van der Waals surface area contributed by atoms with Crippen LogP contribution in [0.2, 0.25) is 0 Å². The molecule has 1 unspecified atom stereocenters. The molecule has 1 atom stereocenters. The maximum absolute atomic E-state index is 8.79. The highest BCUT2D eigenvalue weighted by Gasteiger charge is 2.06. The van der Waals surface area contributed by atoms with E-state index in [1.54, 1.807) is 0 Å². The molecule has 4 heteroatoms. The van der Waals surface area contributed by atoms with Gasteiger partial charge in [0.05, 0.1) is 17.6 Å². The molecule has 17 heavy (non-hydrogen) atoms. The molecule has 0 spiro atoms. The smallest absolute Gasteiger partial charge is 0.0572 e. The average Bonchev–Trinajstić information content (AvgIpc) is 2.36. The number of hydrogen-bond donors (Lipinski definition) is 2. The zero-order chi connectivity index (χ0) is 12.7. The SMILES string of the molecule is CCNC(C)c1ccc(N(C)CCCO)cn1. The summed E-state index contributed by atoms with van der Waals surface area (Å²) in [6.45, 7) is 6.23. The highest BCUT2D eigenvalue weighted by Crippen LogP contribution is 2.15. The van der Waals surface area contributed by atoms with Crippen molar-refractivity contribution in [3.63, 3.8) is 0 Å². The Balaban J connectivity index is 2.60. The normalized spacial score (nSPS) is 12.5. The molecule has 2 N–H and O–H groups in total. The zero-order valence-electron chi connectivity index (χ0n) is 11.0. The van der Waals surface area contributed by atoms with Crippen LogP contribution in [-0.4, -0.2) is 36.8 Å². The van der Waals surface area contributed by atoms with Crippen molar-refractivity contribution in [2.75, 3.05) is 31.6 Å². The molecule has 0 aliphatic carbocycles. The van der Waals surface area contributed by atoms with Crippen molar-refractivity contribution >= 4 is 5.69 Å². The summed E-state index contributed by atoms with van der Waals surface area (Å²) in [4.78, 5) is 6.56. The monoisotopic (exact) mass is 237 g/mol. The van der Waals surface area contributed by atoms with E-state index in [0.29, 0.717) is 0 Å². The van der Waals surface area contributed by atoms with Crippen LogP contribution in [0.4, 0.5) is 5.69 Å². The van der Waals surface area contributed by atoms with E-state index in [1.807, 2.05) is 13.2 Å². The Bertz CT molecular complexity index is 313. The molecule has 0 aliphatic heterocycles. The number of rotatable bonds is 7. The molecule has 0 bridgehead atoms. The van der Waals surface area contributed by atoms with Gasteiger partial charge in [-0.15, -0.1) is 0 Å². The standard InChI is InChI=1S/C13H23N3O/c1-4-14-11(2)13-7-6-12(10-15-13)16(3)8-5-9-17/h6-7,10-11,14,17H,4-5,8-9H2,1-3H3. The Hall–Kier alpha value is -1.13. The maximum atomic E-state index is 8.79. The summed E-state index contributed by atoms with van der Waals surface area (Å²) in [7, 11) is 2.01. The number of aromatic nitrogens is 1. The van der Waals surface area contributed by atoms with Crippen molar-refractivity contribution in [1.82, 2.24) is 10.3 Å². The lowest BCUT2D eigenvalue weighted by atomic mass is 10.2. The molecular weight excluding hydrogens is 214 g/mol. The van der Waals surface area contributed by atoms with Gasteiger partial charge >= 0.3 is 0 Å². The van der Waals surface area contributed by atoms with Crippen LogP contribution in [0, 0.1) is 0 Å². The first kappa shape index (κ1) is 13.9. The molecule has 1 aromatic heterocycles. The Labute approximate surface area is 104 Å². The van der Waals surface area contributed by atoms with Gasteiger partial charge in [0.1, 0.15) is 0 Å². The van der Waals surface area contributed by atoms with E-state index in [0.717, 1.165) is 30.9 Å². The Kier molecular flexibility index (Phi) is 5.94. The molecule has 0 saturated carbocycles. The number of anilines is 1. The van der Waals surface area contributed by atoms with Gasteiger partial charge in [0, 0.05) is 26.2 Å². The molecule has 0 aromatic carbocycles. The number of nitrogens with one attached hydrogen (secondary N) is 1. The summed E-state index contributed by atoms with van der Waals surface area (Å²) in [5.74, 6) is 0. The van der Waals surface area contributed by atoms with Gasteiger partial charge in [-0.1, -0.05) is 6.92 Å². The highest BCUT2D eigenvalue weighted by molar-refractivity contribution is 5.43. The fourth-order valence-corrected chi connectivity index (χ4v) is 1.73. The molecule has 0 fully saturated rings. The molecule has 0 aliphatic rings. The average molecular weight is 237 g/mol. The van der Waals surface area contributed by atoms with E-state index >= 15 is 0 Å².